The topological polar surface area (TPSA) is 50.9 Å². The van der Waals surface area contributed by atoms with Crippen LogP contribution in [0.3, 0.4) is 0 Å². The molecule has 18 heavy (non-hydrogen) atoms. The number of aryl methyl sites for hydroxylation is 2. The third-order valence-corrected chi connectivity index (χ3v) is 2.71. The Morgan fingerprint density at radius 1 is 1.11 bits per heavy atom. The van der Waals surface area contributed by atoms with E-state index in [0.717, 1.165) is 17.7 Å². The van der Waals surface area contributed by atoms with Gasteiger partial charge in [0, 0.05) is 12.3 Å². The van der Waals surface area contributed by atoms with Crippen LogP contribution in [-0.4, -0.2) is 4.98 Å². The molecule has 0 spiro atoms. The molecule has 0 atom stereocenters. The van der Waals surface area contributed by atoms with Crippen LogP contribution >= 0.6 is 0 Å². The fourth-order valence-electron chi connectivity index (χ4n) is 1.54. The van der Waals surface area contributed by atoms with Crippen molar-refractivity contribution in [2.45, 2.75) is 13.8 Å². The number of nitrogens with zero attached hydrogens (tertiary/aromatic N) is 1. The normalized spacial score (nSPS) is 10.4. The van der Waals surface area contributed by atoms with Crippen molar-refractivity contribution >= 4 is 17.2 Å². The Kier molecular flexibility index (Phi) is 3.14. The van der Waals surface area contributed by atoms with E-state index in [-0.39, 0.29) is 11.3 Å². The van der Waals surface area contributed by atoms with Crippen molar-refractivity contribution in [2.24, 2.45) is 0 Å². The standard InChI is InChI=1S/C13H13F2N3/c1-7-3-4-17-13(12(7)16)18-11-6-9(14)8(2)5-10(11)15/h3-6H,16H2,1-2H3,(H,17,18). The van der Waals surface area contributed by atoms with Crippen molar-refractivity contribution < 1.29 is 8.78 Å². The molecular weight excluding hydrogens is 236 g/mol. The van der Waals surface area contributed by atoms with Crippen molar-refractivity contribution in [1.82, 2.24) is 4.98 Å². The molecule has 2 rings (SSSR count). The van der Waals surface area contributed by atoms with Gasteiger partial charge in [-0.3, -0.25) is 0 Å². The van der Waals surface area contributed by atoms with Gasteiger partial charge in [-0.1, -0.05) is 0 Å². The van der Waals surface area contributed by atoms with Gasteiger partial charge in [0.05, 0.1) is 11.4 Å². The molecule has 3 nitrogen and oxygen atoms in total. The number of benzene rings is 1. The minimum absolute atomic E-state index is 0.0166. The SMILES string of the molecule is Cc1cc(F)c(Nc2nccc(C)c2N)cc1F. The summed E-state index contributed by atoms with van der Waals surface area (Å²) in [6, 6.07) is 3.96. The number of pyridine rings is 1. The van der Waals surface area contributed by atoms with Gasteiger partial charge in [0.25, 0.3) is 0 Å². The van der Waals surface area contributed by atoms with Gasteiger partial charge in [0.15, 0.2) is 5.82 Å². The molecule has 0 radical (unpaired) electrons. The number of aromatic nitrogens is 1. The first kappa shape index (κ1) is 12.3. The number of hydrogen-bond acceptors (Lipinski definition) is 3. The molecule has 0 bridgehead atoms. The Labute approximate surface area is 104 Å². The molecule has 94 valence electrons. The Hall–Kier alpha value is -2.17. The molecular formula is C13H13F2N3. The van der Waals surface area contributed by atoms with E-state index in [1.165, 1.54) is 6.92 Å². The van der Waals surface area contributed by atoms with Gasteiger partial charge in [0.2, 0.25) is 0 Å². The number of halogens is 2. The quantitative estimate of drug-likeness (QED) is 0.858. The third kappa shape index (κ3) is 2.25. The Morgan fingerprint density at radius 3 is 2.56 bits per heavy atom. The molecule has 0 saturated carbocycles. The van der Waals surface area contributed by atoms with E-state index >= 15 is 0 Å². The van der Waals surface area contributed by atoms with Gasteiger partial charge >= 0.3 is 0 Å². The van der Waals surface area contributed by atoms with Gasteiger partial charge in [-0.05, 0) is 37.1 Å². The maximum Gasteiger partial charge on any atom is 0.153 e. The van der Waals surface area contributed by atoms with E-state index in [1.807, 2.05) is 6.92 Å². The second kappa shape index (κ2) is 4.60. The van der Waals surface area contributed by atoms with Crippen LogP contribution in [0.15, 0.2) is 24.4 Å². The Balaban J connectivity index is 2.40. The van der Waals surface area contributed by atoms with Crippen LogP contribution in [0, 0.1) is 25.5 Å². The van der Waals surface area contributed by atoms with E-state index in [9.17, 15) is 8.78 Å². The first-order chi connectivity index (χ1) is 8.49. The lowest BCUT2D eigenvalue weighted by atomic mass is 10.2. The van der Waals surface area contributed by atoms with E-state index < -0.39 is 11.6 Å². The molecule has 0 saturated heterocycles. The summed E-state index contributed by atoms with van der Waals surface area (Å²) >= 11 is 0. The molecule has 1 heterocycles. The van der Waals surface area contributed by atoms with E-state index in [2.05, 4.69) is 10.3 Å². The third-order valence-electron chi connectivity index (χ3n) is 2.71. The summed E-state index contributed by atoms with van der Waals surface area (Å²) < 4.78 is 27.0. The monoisotopic (exact) mass is 249 g/mol. The van der Waals surface area contributed by atoms with Crippen molar-refractivity contribution in [3.05, 3.63) is 47.2 Å². The molecule has 1 aromatic heterocycles. The van der Waals surface area contributed by atoms with Crippen LogP contribution in [0.1, 0.15) is 11.1 Å². The van der Waals surface area contributed by atoms with E-state index in [4.69, 9.17) is 5.73 Å². The van der Waals surface area contributed by atoms with Gasteiger partial charge in [-0.2, -0.15) is 0 Å². The highest BCUT2D eigenvalue weighted by atomic mass is 19.1. The van der Waals surface area contributed by atoms with Crippen LogP contribution in [-0.2, 0) is 0 Å². The summed E-state index contributed by atoms with van der Waals surface area (Å²) in [6.07, 6.45) is 1.55. The zero-order valence-electron chi connectivity index (χ0n) is 10.1. The van der Waals surface area contributed by atoms with Crippen molar-refractivity contribution in [3.63, 3.8) is 0 Å². The first-order valence-corrected chi connectivity index (χ1v) is 5.43. The van der Waals surface area contributed by atoms with E-state index in [1.54, 1.807) is 12.3 Å². The fourth-order valence-corrected chi connectivity index (χ4v) is 1.54. The summed E-state index contributed by atoms with van der Waals surface area (Å²) in [5, 5.41) is 2.70. The molecule has 0 unspecified atom stereocenters. The highest BCUT2D eigenvalue weighted by Gasteiger charge is 2.10. The summed E-state index contributed by atoms with van der Waals surface area (Å²) in [4.78, 5) is 4.00. The molecule has 0 amide bonds. The van der Waals surface area contributed by atoms with Gasteiger partial charge < -0.3 is 11.1 Å². The maximum atomic E-state index is 13.7. The van der Waals surface area contributed by atoms with Crippen LogP contribution in [0.4, 0.5) is 26.0 Å². The lowest BCUT2D eigenvalue weighted by Gasteiger charge is -2.11. The van der Waals surface area contributed by atoms with Crippen molar-refractivity contribution in [2.75, 3.05) is 11.1 Å². The molecule has 0 fully saturated rings. The predicted octanol–water partition coefficient (Wildman–Crippen LogP) is 3.30. The molecule has 0 aliphatic heterocycles. The second-order valence-electron chi connectivity index (χ2n) is 4.10. The first-order valence-electron chi connectivity index (χ1n) is 5.43. The van der Waals surface area contributed by atoms with Crippen LogP contribution in [0.2, 0.25) is 0 Å². The molecule has 2 aromatic rings. The lowest BCUT2D eigenvalue weighted by molar-refractivity contribution is 0.595. The lowest BCUT2D eigenvalue weighted by Crippen LogP contribution is -2.03. The zero-order chi connectivity index (χ0) is 13.3. The average molecular weight is 249 g/mol. The summed E-state index contributed by atoms with van der Waals surface area (Å²) in [5.41, 5.74) is 7.31. The summed E-state index contributed by atoms with van der Waals surface area (Å²) in [7, 11) is 0. The average Bonchev–Trinajstić information content (AvgIpc) is 2.32. The largest absolute Gasteiger partial charge is 0.396 e. The summed E-state index contributed by atoms with van der Waals surface area (Å²) in [5.74, 6) is -0.709. The van der Waals surface area contributed by atoms with Crippen LogP contribution in [0.25, 0.3) is 0 Å². The minimum atomic E-state index is -0.545. The maximum absolute atomic E-state index is 13.7. The predicted molar refractivity (Wildman–Crippen MR) is 67.8 cm³/mol. The highest BCUT2D eigenvalue weighted by molar-refractivity contribution is 5.71. The van der Waals surface area contributed by atoms with E-state index in [0.29, 0.717) is 11.5 Å². The van der Waals surface area contributed by atoms with Crippen LogP contribution in [0.5, 0.6) is 0 Å². The Morgan fingerprint density at radius 2 is 1.83 bits per heavy atom. The molecule has 0 aliphatic rings. The zero-order valence-corrected chi connectivity index (χ0v) is 10.1. The van der Waals surface area contributed by atoms with Gasteiger partial charge in [-0.15, -0.1) is 0 Å². The molecule has 0 aliphatic carbocycles. The van der Waals surface area contributed by atoms with Gasteiger partial charge in [-0.25, -0.2) is 13.8 Å². The molecule has 1 aromatic carbocycles. The fraction of sp³-hybridized carbons (Fsp3) is 0.154. The minimum Gasteiger partial charge on any atom is -0.396 e. The van der Waals surface area contributed by atoms with Crippen molar-refractivity contribution in [1.29, 1.82) is 0 Å². The number of hydrogen-bond donors (Lipinski definition) is 2. The smallest absolute Gasteiger partial charge is 0.153 e. The number of rotatable bonds is 2. The number of nitrogen functional groups attached to an aromatic ring is 1. The van der Waals surface area contributed by atoms with Crippen LogP contribution < -0.4 is 11.1 Å². The highest BCUT2D eigenvalue weighted by Crippen LogP contribution is 2.26. The number of nitrogens with one attached hydrogen (secondary N) is 1. The Bertz CT molecular complexity index is 597. The molecule has 3 N–H and O–H groups in total. The van der Waals surface area contributed by atoms with Crippen molar-refractivity contribution in [3.8, 4) is 0 Å². The number of nitrogens with two attached hydrogens (primary N) is 1. The second-order valence-corrected chi connectivity index (χ2v) is 4.10. The number of anilines is 3. The van der Waals surface area contributed by atoms with Gasteiger partial charge in [0.1, 0.15) is 11.6 Å². The summed E-state index contributed by atoms with van der Waals surface area (Å²) in [6.45, 7) is 3.32. The molecule has 5 heteroatoms.